The van der Waals surface area contributed by atoms with Gasteiger partial charge in [-0.1, -0.05) is 18.5 Å². The molecular weight excluding hydrogens is 220 g/mol. The molecule has 0 aromatic heterocycles. The highest BCUT2D eigenvalue weighted by atomic mass is 35.5. The molecule has 16 heavy (non-hydrogen) atoms. The molecule has 3 heteroatoms. The fraction of sp³-hybridized carbons (Fsp3) is 0.308. The van der Waals surface area contributed by atoms with Crippen molar-refractivity contribution in [2.75, 3.05) is 5.32 Å². The number of hydrogen-bond donors (Lipinski definition) is 1. The normalized spacial score (nSPS) is 11.2. The molecule has 1 rings (SSSR count). The van der Waals surface area contributed by atoms with Crippen LogP contribution < -0.4 is 5.32 Å². The second-order valence-corrected chi connectivity index (χ2v) is 3.87. The lowest BCUT2D eigenvalue weighted by Gasteiger charge is -2.16. The molecular formula is C13H13ClN2. The lowest BCUT2D eigenvalue weighted by molar-refractivity contribution is 0.716. The number of hydrogen-bond acceptors (Lipinski definition) is 2. The van der Waals surface area contributed by atoms with Gasteiger partial charge in [-0.25, -0.2) is 0 Å². The minimum absolute atomic E-state index is 0.218. The van der Waals surface area contributed by atoms with E-state index in [-0.39, 0.29) is 6.04 Å². The first-order valence-electron chi connectivity index (χ1n) is 5.11. The maximum atomic E-state index is 8.71. The number of nitrogens with zero attached hydrogens (tertiary/aromatic N) is 1. The monoisotopic (exact) mass is 232 g/mol. The standard InChI is InChI=1S/C13H13ClN2/c1-3-5-11(4-2)16-13-7-6-10(9-15)8-12(13)14/h1,6-8,11,16H,4-5H2,2H3. The SMILES string of the molecule is C#CCC(CC)Nc1ccc(C#N)cc1Cl. The fourth-order valence-corrected chi connectivity index (χ4v) is 1.60. The van der Waals surface area contributed by atoms with Gasteiger partial charge in [0.2, 0.25) is 0 Å². The van der Waals surface area contributed by atoms with Crippen molar-refractivity contribution in [2.45, 2.75) is 25.8 Å². The molecule has 0 amide bonds. The molecule has 1 atom stereocenters. The van der Waals surface area contributed by atoms with Crippen molar-refractivity contribution >= 4 is 17.3 Å². The van der Waals surface area contributed by atoms with Gasteiger partial charge in [-0.3, -0.25) is 0 Å². The van der Waals surface area contributed by atoms with Crippen molar-refractivity contribution < 1.29 is 0 Å². The van der Waals surface area contributed by atoms with Crippen LogP contribution in [-0.4, -0.2) is 6.04 Å². The van der Waals surface area contributed by atoms with Crippen LogP contribution in [0.25, 0.3) is 0 Å². The van der Waals surface area contributed by atoms with E-state index in [0.717, 1.165) is 12.1 Å². The van der Waals surface area contributed by atoms with Crippen molar-refractivity contribution in [2.24, 2.45) is 0 Å². The van der Waals surface area contributed by atoms with Crippen LogP contribution in [0.2, 0.25) is 5.02 Å². The molecule has 0 aliphatic heterocycles. The van der Waals surface area contributed by atoms with Crippen LogP contribution >= 0.6 is 11.6 Å². The van der Waals surface area contributed by atoms with E-state index in [1.54, 1.807) is 18.2 Å². The lowest BCUT2D eigenvalue weighted by Crippen LogP contribution is -2.17. The maximum absolute atomic E-state index is 8.71. The lowest BCUT2D eigenvalue weighted by atomic mass is 10.1. The molecule has 2 nitrogen and oxygen atoms in total. The molecule has 0 aliphatic carbocycles. The van der Waals surface area contributed by atoms with Gasteiger partial charge in [-0.2, -0.15) is 5.26 Å². The summed E-state index contributed by atoms with van der Waals surface area (Å²) in [4.78, 5) is 0. The molecule has 0 saturated carbocycles. The number of anilines is 1. The van der Waals surface area contributed by atoms with Crippen molar-refractivity contribution in [1.82, 2.24) is 0 Å². The molecule has 1 unspecified atom stereocenters. The van der Waals surface area contributed by atoms with Crippen LogP contribution in [0.1, 0.15) is 25.3 Å². The first kappa shape index (κ1) is 12.4. The Hall–Kier alpha value is -1.64. The van der Waals surface area contributed by atoms with Gasteiger partial charge in [0.25, 0.3) is 0 Å². The molecule has 1 aromatic rings. The summed E-state index contributed by atoms with van der Waals surface area (Å²) >= 11 is 6.04. The summed E-state index contributed by atoms with van der Waals surface area (Å²) in [5.74, 6) is 2.62. The van der Waals surface area contributed by atoms with Gasteiger partial charge in [0.1, 0.15) is 0 Å². The second-order valence-electron chi connectivity index (χ2n) is 3.46. The highest BCUT2D eigenvalue weighted by Crippen LogP contribution is 2.24. The van der Waals surface area contributed by atoms with Gasteiger partial charge >= 0.3 is 0 Å². The van der Waals surface area contributed by atoms with Crippen LogP contribution in [0, 0.1) is 23.7 Å². The van der Waals surface area contributed by atoms with E-state index in [2.05, 4.69) is 18.2 Å². The first-order valence-corrected chi connectivity index (χ1v) is 5.48. The Morgan fingerprint density at radius 2 is 2.31 bits per heavy atom. The van der Waals surface area contributed by atoms with Crippen molar-refractivity contribution in [1.29, 1.82) is 5.26 Å². The Morgan fingerprint density at radius 3 is 2.81 bits per heavy atom. The average Bonchev–Trinajstić information content (AvgIpc) is 2.30. The van der Waals surface area contributed by atoms with E-state index in [4.69, 9.17) is 23.3 Å². The topological polar surface area (TPSA) is 35.8 Å². The summed E-state index contributed by atoms with van der Waals surface area (Å²) in [6.45, 7) is 2.06. The Labute approximate surface area is 101 Å². The van der Waals surface area contributed by atoms with Gasteiger partial charge in [0.15, 0.2) is 0 Å². The maximum Gasteiger partial charge on any atom is 0.0992 e. The molecule has 0 spiro atoms. The van der Waals surface area contributed by atoms with Gasteiger partial charge in [0, 0.05) is 12.5 Å². The van der Waals surface area contributed by atoms with E-state index >= 15 is 0 Å². The Balaban J connectivity index is 2.82. The Morgan fingerprint density at radius 1 is 1.56 bits per heavy atom. The molecule has 82 valence electrons. The van der Waals surface area contributed by atoms with E-state index < -0.39 is 0 Å². The summed E-state index contributed by atoms with van der Waals surface area (Å²) in [6.07, 6.45) is 6.87. The molecule has 0 heterocycles. The van der Waals surface area contributed by atoms with Crippen molar-refractivity contribution in [3.8, 4) is 18.4 Å². The van der Waals surface area contributed by atoms with Crippen LogP contribution in [0.5, 0.6) is 0 Å². The number of nitrogens with one attached hydrogen (secondary N) is 1. The van der Waals surface area contributed by atoms with Gasteiger partial charge in [-0.05, 0) is 24.6 Å². The minimum Gasteiger partial charge on any atom is -0.380 e. The van der Waals surface area contributed by atoms with Crippen LogP contribution in [0.3, 0.4) is 0 Å². The van der Waals surface area contributed by atoms with E-state index in [1.807, 2.05) is 6.07 Å². The zero-order valence-electron chi connectivity index (χ0n) is 9.13. The quantitative estimate of drug-likeness (QED) is 0.808. The zero-order chi connectivity index (χ0) is 12.0. The second kappa shape index (κ2) is 6.05. The third kappa shape index (κ3) is 3.19. The third-order valence-corrected chi connectivity index (χ3v) is 2.63. The predicted molar refractivity (Wildman–Crippen MR) is 67.3 cm³/mol. The predicted octanol–water partition coefficient (Wildman–Crippen LogP) is 3.43. The van der Waals surface area contributed by atoms with E-state index in [0.29, 0.717) is 17.0 Å². The molecule has 1 N–H and O–H groups in total. The van der Waals surface area contributed by atoms with Gasteiger partial charge in [0.05, 0.1) is 22.3 Å². The zero-order valence-corrected chi connectivity index (χ0v) is 9.88. The van der Waals surface area contributed by atoms with Crippen molar-refractivity contribution in [3.05, 3.63) is 28.8 Å². The molecule has 0 fully saturated rings. The number of nitriles is 1. The third-order valence-electron chi connectivity index (χ3n) is 2.31. The van der Waals surface area contributed by atoms with E-state index in [1.165, 1.54) is 0 Å². The summed E-state index contributed by atoms with van der Waals surface area (Å²) in [6, 6.07) is 7.44. The van der Waals surface area contributed by atoms with Crippen LogP contribution in [0.4, 0.5) is 5.69 Å². The van der Waals surface area contributed by atoms with Crippen molar-refractivity contribution in [3.63, 3.8) is 0 Å². The first-order chi connectivity index (χ1) is 7.71. The van der Waals surface area contributed by atoms with Gasteiger partial charge < -0.3 is 5.32 Å². The molecule has 0 aliphatic rings. The van der Waals surface area contributed by atoms with Gasteiger partial charge in [-0.15, -0.1) is 12.3 Å². The number of terminal acetylenes is 1. The summed E-state index contributed by atoms with van der Waals surface area (Å²) < 4.78 is 0. The molecule has 0 saturated heterocycles. The smallest absolute Gasteiger partial charge is 0.0992 e. The number of benzene rings is 1. The number of rotatable bonds is 4. The molecule has 0 bridgehead atoms. The molecule has 0 radical (unpaired) electrons. The molecule has 1 aromatic carbocycles. The highest BCUT2D eigenvalue weighted by Gasteiger charge is 2.07. The van der Waals surface area contributed by atoms with E-state index in [9.17, 15) is 0 Å². The summed E-state index contributed by atoms with van der Waals surface area (Å²) in [7, 11) is 0. The fourth-order valence-electron chi connectivity index (χ4n) is 1.36. The summed E-state index contributed by atoms with van der Waals surface area (Å²) in [5.41, 5.74) is 1.38. The van der Waals surface area contributed by atoms with Crippen LogP contribution in [0.15, 0.2) is 18.2 Å². The minimum atomic E-state index is 0.218. The number of halogens is 1. The summed E-state index contributed by atoms with van der Waals surface area (Å²) in [5, 5.41) is 12.5. The average molecular weight is 233 g/mol. The Kier molecular flexibility index (Phi) is 4.70. The largest absolute Gasteiger partial charge is 0.380 e. The Bertz CT molecular complexity index is 440. The highest BCUT2D eigenvalue weighted by molar-refractivity contribution is 6.33. The van der Waals surface area contributed by atoms with Crippen LogP contribution in [-0.2, 0) is 0 Å².